The highest BCUT2D eigenvalue weighted by atomic mass is 16.1. The van der Waals surface area contributed by atoms with Crippen molar-refractivity contribution in [2.24, 2.45) is 12.0 Å². The number of aryl methyl sites for hydroxylation is 1. The zero-order valence-corrected chi connectivity index (χ0v) is 9.24. The number of amides is 1. The van der Waals surface area contributed by atoms with Gasteiger partial charge in [-0.3, -0.25) is 14.5 Å². The van der Waals surface area contributed by atoms with Crippen molar-refractivity contribution in [3.8, 4) is 0 Å². The lowest BCUT2D eigenvalue weighted by molar-refractivity contribution is 0.0978. The minimum Gasteiger partial charge on any atom is -0.313 e. The van der Waals surface area contributed by atoms with Crippen LogP contribution in [0.25, 0.3) is 0 Å². The predicted octanol–water partition coefficient (Wildman–Crippen LogP) is 0.905. The maximum atomic E-state index is 11.6. The first kappa shape index (κ1) is 11.0. The Bertz CT molecular complexity index is 532. The van der Waals surface area contributed by atoms with Crippen molar-refractivity contribution in [3.05, 3.63) is 42.5 Å². The summed E-state index contributed by atoms with van der Waals surface area (Å²) in [6, 6.07) is 3.49. The van der Waals surface area contributed by atoms with Crippen LogP contribution in [0.15, 0.2) is 41.9 Å². The van der Waals surface area contributed by atoms with E-state index >= 15 is 0 Å². The fraction of sp³-hybridized carbons (Fsp3) is 0.0909. The van der Waals surface area contributed by atoms with Gasteiger partial charge in [-0.2, -0.15) is 5.10 Å². The van der Waals surface area contributed by atoms with Crippen LogP contribution in [0.2, 0.25) is 0 Å². The van der Waals surface area contributed by atoms with Crippen molar-refractivity contribution in [3.63, 3.8) is 0 Å². The molecule has 0 fully saturated rings. The number of nitrogens with zero attached hydrogens (tertiary/aromatic N) is 4. The van der Waals surface area contributed by atoms with Crippen LogP contribution in [-0.4, -0.2) is 27.0 Å². The lowest BCUT2D eigenvalue weighted by Gasteiger charge is -1.95. The van der Waals surface area contributed by atoms with Crippen molar-refractivity contribution in [2.75, 3.05) is 0 Å². The largest absolute Gasteiger partial charge is 0.313 e. The van der Waals surface area contributed by atoms with E-state index in [0.29, 0.717) is 5.56 Å². The van der Waals surface area contributed by atoms with Crippen LogP contribution >= 0.6 is 0 Å². The number of nitrogens with one attached hydrogen (secondary N) is 1. The van der Waals surface area contributed by atoms with E-state index < -0.39 is 0 Å². The summed E-state index contributed by atoms with van der Waals surface area (Å²) in [5.41, 5.74) is 1.22. The molecule has 2 aromatic rings. The molecule has 1 amide bonds. The van der Waals surface area contributed by atoms with Crippen LogP contribution < -0.4 is 5.32 Å². The van der Waals surface area contributed by atoms with Crippen LogP contribution in [0.3, 0.4) is 0 Å². The molecule has 2 aromatic heterocycles. The average molecular weight is 229 g/mol. The zero-order chi connectivity index (χ0) is 12.1. The third kappa shape index (κ3) is 2.97. The average Bonchev–Trinajstić information content (AvgIpc) is 2.77. The molecule has 0 atom stereocenters. The van der Waals surface area contributed by atoms with Crippen molar-refractivity contribution in [2.45, 2.75) is 0 Å². The number of aromatic nitrogens is 3. The molecule has 0 radical (unpaired) electrons. The van der Waals surface area contributed by atoms with E-state index in [9.17, 15) is 4.79 Å². The van der Waals surface area contributed by atoms with Gasteiger partial charge in [0.2, 0.25) is 0 Å². The highest BCUT2D eigenvalue weighted by Crippen LogP contribution is 2.06. The van der Waals surface area contributed by atoms with E-state index in [0.717, 1.165) is 5.69 Å². The van der Waals surface area contributed by atoms with Gasteiger partial charge in [0.1, 0.15) is 0 Å². The SMILES string of the molecule is Cn1cc(C(=O)NC=Nc2ccncc2)cn1. The summed E-state index contributed by atoms with van der Waals surface area (Å²) in [4.78, 5) is 19.5. The molecule has 0 aliphatic carbocycles. The Labute approximate surface area is 98.0 Å². The van der Waals surface area contributed by atoms with E-state index in [1.54, 1.807) is 42.5 Å². The first-order valence-corrected chi connectivity index (χ1v) is 4.98. The van der Waals surface area contributed by atoms with Gasteiger partial charge in [0.05, 0.1) is 23.8 Å². The number of hydrogen-bond donors (Lipinski definition) is 1. The standard InChI is InChI=1S/C11H11N5O/c1-16-7-9(6-15-16)11(17)14-8-13-10-2-4-12-5-3-10/h2-8H,1H3,(H,12,13,14,17). The molecule has 0 unspecified atom stereocenters. The van der Waals surface area contributed by atoms with E-state index in [-0.39, 0.29) is 5.91 Å². The molecule has 2 heterocycles. The molecule has 0 spiro atoms. The van der Waals surface area contributed by atoms with E-state index in [1.807, 2.05) is 0 Å². The van der Waals surface area contributed by atoms with Crippen molar-refractivity contribution in [1.29, 1.82) is 0 Å². The summed E-state index contributed by atoms with van der Waals surface area (Å²) >= 11 is 0. The highest BCUT2D eigenvalue weighted by molar-refractivity contribution is 6.00. The third-order valence-corrected chi connectivity index (χ3v) is 2.04. The molecule has 0 saturated carbocycles. The van der Waals surface area contributed by atoms with Gasteiger partial charge < -0.3 is 5.32 Å². The van der Waals surface area contributed by atoms with Crippen molar-refractivity contribution < 1.29 is 4.79 Å². The van der Waals surface area contributed by atoms with E-state index in [1.165, 1.54) is 12.5 Å². The molecule has 6 nitrogen and oxygen atoms in total. The number of hydrogen-bond acceptors (Lipinski definition) is 4. The lowest BCUT2D eigenvalue weighted by Crippen LogP contribution is -2.20. The Morgan fingerprint density at radius 3 is 2.88 bits per heavy atom. The molecule has 0 saturated heterocycles. The number of carbonyl (C=O) groups is 1. The van der Waals surface area contributed by atoms with E-state index in [4.69, 9.17) is 0 Å². The van der Waals surface area contributed by atoms with Gasteiger partial charge in [0.25, 0.3) is 5.91 Å². The number of pyridine rings is 1. The van der Waals surface area contributed by atoms with Crippen LogP contribution in [-0.2, 0) is 7.05 Å². The third-order valence-electron chi connectivity index (χ3n) is 2.04. The number of carbonyl (C=O) groups excluding carboxylic acids is 1. The van der Waals surface area contributed by atoms with Gasteiger partial charge in [-0.25, -0.2) is 4.99 Å². The summed E-state index contributed by atoms with van der Waals surface area (Å²) in [6.45, 7) is 0. The fourth-order valence-electron chi connectivity index (χ4n) is 1.22. The van der Waals surface area contributed by atoms with Gasteiger partial charge >= 0.3 is 0 Å². The molecule has 0 aliphatic rings. The molecule has 0 aromatic carbocycles. The highest BCUT2D eigenvalue weighted by Gasteiger charge is 2.04. The maximum Gasteiger partial charge on any atom is 0.259 e. The monoisotopic (exact) mass is 229 g/mol. The molecule has 1 N–H and O–H groups in total. The first-order chi connectivity index (χ1) is 8.25. The first-order valence-electron chi connectivity index (χ1n) is 4.98. The normalized spacial score (nSPS) is 10.6. The molecule has 17 heavy (non-hydrogen) atoms. The number of aliphatic imine (C=N–C) groups is 1. The smallest absolute Gasteiger partial charge is 0.259 e. The minimum atomic E-state index is -0.240. The zero-order valence-electron chi connectivity index (χ0n) is 9.24. The Hall–Kier alpha value is -2.50. The van der Waals surface area contributed by atoms with Gasteiger partial charge in [-0.1, -0.05) is 0 Å². The second kappa shape index (κ2) is 5.02. The van der Waals surface area contributed by atoms with Crippen LogP contribution in [0.1, 0.15) is 10.4 Å². The topological polar surface area (TPSA) is 72.2 Å². The Morgan fingerprint density at radius 1 is 1.47 bits per heavy atom. The molecular formula is C11H11N5O. The second-order valence-electron chi connectivity index (χ2n) is 3.34. The minimum absolute atomic E-state index is 0.240. The Kier molecular flexibility index (Phi) is 3.25. The molecule has 6 heteroatoms. The van der Waals surface area contributed by atoms with Crippen molar-refractivity contribution >= 4 is 17.9 Å². The molecule has 0 bridgehead atoms. The molecule has 2 rings (SSSR count). The van der Waals surface area contributed by atoms with Crippen LogP contribution in [0, 0.1) is 0 Å². The molecule has 86 valence electrons. The van der Waals surface area contributed by atoms with Gasteiger partial charge in [-0.05, 0) is 12.1 Å². The second-order valence-corrected chi connectivity index (χ2v) is 3.34. The summed E-state index contributed by atoms with van der Waals surface area (Å²) in [6.07, 6.45) is 7.75. The summed E-state index contributed by atoms with van der Waals surface area (Å²) < 4.78 is 1.56. The number of rotatable bonds is 3. The molecule has 0 aliphatic heterocycles. The van der Waals surface area contributed by atoms with Crippen LogP contribution in [0.4, 0.5) is 5.69 Å². The van der Waals surface area contributed by atoms with E-state index in [2.05, 4.69) is 20.4 Å². The quantitative estimate of drug-likeness (QED) is 0.628. The summed E-state index contributed by atoms with van der Waals surface area (Å²) in [5.74, 6) is -0.240. The van der Waals surface area contributed by atoms with Gasteiger partial charge in [0, 0.05) is 25.6 Å². The summed E-state index contributed by atoms with van der Waals surface area (Å²) in [5, 5.41) is 6.46. The lowest BCUT2D eigenvalue weighted by atomic mass is 10.3. The Balaban J connectivity index is 1.95. The Morgan fingerprint density at radius 2 is 2.24 bits per heavy atom. The van der Waals surface area contributed by atoms with Crippen LogP contribution in [0.5, 0.6) is 0 Å². The van der Waals surface area contributed by atoms with Crippen molar-refractivity contribution in [1.82, 2.24) is 20.1 Å². The molecular weight excluding hydrogens is 218 g/mol. The summed E-state index contributed by atoms with van der Waals surface area (Å²) in [7, 11) is 1.75. The predicted molar refractivity (Wildman–Crippen MR) is 63.1 cm³/mol. The maximum absolute atomic E-state index is 11.6. The van der Waals surface area contributed by atoms with Gasteiger partial charge in [0.15, 0.2) is 0 Å². The fourth-order valence-corrected chi connectivity index (χ4v) is 1.22. The van der Waals surface area contributed by atoms with Gasteiger partial charge in [-0.15, -0.1) is 0 Å².